The van der Waals surface area contributed by atoms with Gasteiger partial charge in [0.1, 0.15) is 7.05 Å². The van der Waals surface area contributed by atoms with Crippen molar-refractivity contribution in [3.63, 3.8) is 0 Å². The fourth-order valence-corrected chi connectivity index (χ4v) is 3.47. The lowest BCUT2D eigenvalue weighted by molar-refractivity contribution is -2.00. The molecule has 0 amide bonds. The summed E-state index contributed by atoms with van der Waals surface area (Å²) in [6, 6.07) is 13.7. The van der Waals surface area contributed by atoms with E-state index in [0.29, 0.717) is 0 Å². The first-order valence-corrected chi connectivity index (χ1v) is 9.72. The summed E-state index contributed by atoms with van der Waals surface area (Å²) in [6.07, 6.45) is 0. The topological polar surface area (TPSA) is 96.1 Å². The molecule has 2 aliphatic carbocycles. The third-order valence-electron chi connectivity index (χ3n) is 4.76. The fraction of sp³-hybridized carbons (Fsp3) is 0.286. The highest BCUT2D eigenvalue weighted by Gasteiger charge is 2.18. The van der Waals surface area contributed by atoms with Crippen LogP contribution in [-0.2, 0) is 7.05 Å². The van der Waals surface area contributed by atoms with Gasteiger partial charge in [0.05, 0.1) is 0 Å². The number of aryl methyl sites for hydroxylation is 5. The molecule has 0 saturated carbocycles. The van der Waals surface area contributed by atoms with Crippen LogP contribution in [0.25, 0.3) is 22.3 Å². The smallest absolute Gasteiger partial charge is 0.178 e. The van der Waals surface area contributed by atoms with Crippen molar-refractivity contribution in [1.82, 2.24) is 0 Å². The largest absolute Gasteiger partial charge is 0.222 e. The molecule has 0 N–H and O–H groups in total. The lowest BCUT2D eigenvalue weighted by Crippen LogP contribution is -2.68. The highest BCUT2D eigenvalue weighted by Crippen LogP contribution is 2.39. The van der Waals surface area contributed by atoms with Crippen LogP contribution >= 0.6 is 0 Å². The monoisotopic (exact) mass is 389 g/mol. The lowest BCUT2D eigenvalue weighted by Gasteiger charge is -2.17. The van der Waals surface area contributed by atoms with Crippen molar-refractivity contribution in [2.45, 2.75) is 34.6 Å². The summed E-state index contributed by atoms with van der Waals surface area (Å²) < 4.78 is 36.2. The number of nitrogens with zero attached hydrogens (tertiary/aromatic N) is 1. The maximum absolute atomic E-state index is 8.49. The Labute approximate surface area is 162 Å². The van der Waals surface area contributed by atoms with Crippen molar-refractivity contribution in [1.29, 1.82) is 0 Å². The second-order valence-corrected chi connectivity index (χ2v) is 7.65. The highest BCUT2D eigenvalue weighted by atomic mass is 35.7. The van der Waals surface area contributed by atoms with Gasteiger partial charge in [0.25, 0.3) is 0 Å². The Morgan fingerprint density at radius 3 is 1.67 bits per heavy atom. The summed E-state index contributed by atoms with van der Waals surface area (Å²) in [5, 5.41) is 0. The van der Waals surface area contributed by atoms with E-state index in [1.54, 1.807) is 0 Å². The second-order valence-electron chi connectivity index (χ2n) is 6.90. The molecule has 1 aromatic rings. The van der Waals surface area contributed by atoms with Crippen molar-refractivity contribution >= 4 is 0 Å². The third kappa shape index (κ3) is 5.25. The van der Waals surface area contributed by atoms with Gasteiger partial charge in [-0.15, -0.1) is 10.2 Å². The van der Waals surface area contributed by atoms with E-state index < -0.39 is 10.2 Å². The summed E-state index contributed by atoms with van der Waals surface area (Å²) in [5.74, 6) is 0. The Bertz CT molecular complexity index is 919. The van der Waals surface area contributed by atoms with Crippen molar-refractivity contribution in [2.24, 2.45) is 7.05 Å². The van der Waals surface area contributed by atoms with Gasteiger partial charge < -0.3 is 0 Å². The Morgan fingerprint density at radius 2 is 1.15 bits per heavy atom. The summed E-state index contributed by atoms with van der Waals surface area (Å²) in [7, 11) is -2.82. The summed E-state index contributed by atoms with van der Waals surface area (Å²) in [6.45, 7) is 10.9. The molecule has 1 aromatic heterocycles. The van der Waals surface area contributed by atoms with Crippen LogP contribution in [0.4, 0.5) is 0 Å². The van der Waals surface area contributed by atoms with Crippen molar-refractivity contribution in [3.05, 3.63) is 64.5 Å². The van der Waals surface area contributed by atoms with E-state index in [4.69, 9.17) is 18.6 Å². The zero-order chi connectivity index (χ0) is 20.5. The van der Waals surface area contributed by atoms with Gasteiger partial charge in [0.15, 0.2) is 11.4 Å². The minimum absolute atomic E-state index is 1.29. The molecule has 0 radical (unpaired) electrons. The van der Waals surface area contributed by atoms with Gasteiger partial charge in [-0.25, -0.2) is 23.2 Å². The average molecular weight is 390 g/mol. The number of rotatable bonds is 1. The molecule has 0 aliphatic heterocycles. The summed E-state index contributed by atoms with van der Waals surface area (Å²) in [5.41, 5.74) is 12.0. The van der Waals surface area contributed by atoms with Crippen LogP contribution in [0.5, 0.6) is 0 Å². The van der Waals surface area contributed by atoms with Crippen LogP contribution in [0, 0.1) is 44.9 Å². The van der Waals surface area contributed by atoms with Gasteiger partial charge >= 0.3 is 0 Å². The number of hydrogen-bond acceptors (Lipinski definition) is 4. The van der Waals surface area contributed by atoms with Gasteiger partial charge in [-0.05, 0) is 54.2 Å². The number of fused-ring (bicyclic) bond motifs is 1. The molecule has 6 heteroatoms. The molecule has 0 unspecified atom stereocenters. The van der Waals surface area contributed by atoms with Gasteiger partial charge in [-0.3, -0.25) is 0 Å². The highest BCUT2D eigenvalue weighted by molar-refractivity contribution is 5.89. The second kappa shape index (κ2) is 7.92. The van der Waals surface area contributed by atoms with E-state index in [1.165, 1.54) is 50.3 Å². The minimum Gasteiger partial charge on any atom is -0.222 e. The Kier molecular flexibility index (Phi) is 6.24. The normalized spacial score (nSPS) is 11.3. The van der Waals surface area contributed by atoms with Crippen LogP contribution in [-0.4, -0.2) is 0 Å². The Hall–Kier alpha value is -2.02. The molecule has 0 bridgehead atoms. The van der Waals surface area contributed by atoms with E-state index in [2.05, 4.69) is 82.6 Å². The molecule has 0 atom stereocenters. The van der Waals surface area contributed by atoms with Crippen LogP contribution in [0.15, 0.2) is 36.4 Å². The lowest BCUT2D eigenvalue weighted by atomic mass is 9.97. The molecule has 27 heavy (non-hydrogen) atoms. The van der Waals surface area contributed by atoms with Crippen LogP contribution in [0.1, 0.15) is 28.1 Å². The van der Waals surface area contributed by atoms with Crippen molar-refractivity contribution in [2.75, 3.05) is 0 Å². The van der Waals surface area contributed by atoms with E-state index in [9.17, 15) is 0 Å². The van der Waals surface area contributed by atoms with Gasteiger partial charge in [0.2, 0.25) is 0 Å². The summed E-state index contributed by atoms with van der Waals surface area (Å²) >= 11 is 0. The van der Waals surface area contributed by atoms with Crippen molar-refractivity contribution in [3.8, 4) is 22.3 Å². The number of halogens is 1. The Balaban J connectivity index is 0.000000465. The first kappa shape index (κ1) is 21.3. The predicted molar refractivity (Wildman–Crippen MR) is 93.4 cm³/mol. The fourth-order valence-electron chi connectivity index (χ4n) is 3.47. The molecular formula is C21H24ClNO4. The molecule has 1 heterocycles. The van der Waals surface area contributed by atoms with E-state index in [0.717, 1.165) is 0 Å². The van der Waals surface area contributed by atoms with Crippen molar-refractivity contribution < 1.29 is 33.4 Å². The standard InChI is InChI=1S/C21H24N.ClHO4/c1-13-9-14(2)19-7-8-20(21(19)15(3)10-13)18-11-16(4)22(6)17(5)12-18;2-1(3,4)5/h7-12H,1-6H3;(H,2,3,4,5)/q+1;/p-1. The molecule has 2 aliphatic rings. The third-order valence-corrected chi connectivity index (χ3v) is 4.76. The van der Waals surface area contributed by atoms with E-state index in [1.807, 2.05) is 0 Å². The number of pyridine rings is 1. The maximum Gasteiger partial charge on any atom is 0.178 e. The zero-order valence-corrected chi connectivity index (χ0v) is 17.2. The first-order chi connectivity index (χ1) is 12.4. The van der Waals surface area contributed by atoms with E-state index >= 15 is 0 Å². The Morgan fingerprint density at radius 1 is 0.704 bits per heavy atom. The average Bonchev–Trinajstić information content (AvgIpc) is 2.91. The maximum atomic E-state index is 8.49. The quantitative estimate of drug-likeness (QED) is 0.550. The van der Waals surface area contributed by atoms with Crippen LogP contribution in [0.2, 0.25) is 0 Å². The van der Waals surface area contributed by atoms with Gasteiger partial charge in [-0.2, -0.15) is 0 Å². The first-order valence-electron chi connectivity index (χ1n) is 8.48. The van der Waals surface area contributed by atoms with Gasteiger partial charge in [0, 0.05) is 26.0 Å². The summed E-state index contributed by atoms with van der Waals surface area (Å²) in [4.78, 5) is 0. The van der Waals surface area contributed by atoms with Crippen LogP contribution in [0.3, 0.4) is 0 Å². The van der Waals surface area contributed by atoms with E-state index in [-0.39, 0.29) is 0 Å². The predicted octanol–water partition coefficient (Wildman–Crippen LogP) is 0.0690. The molecule has 0 spiro atoms. The van der Waals surface area contributed by atoms with Gasteiger partial charge in [-0.1, -0.05) is 29.8 Å². The molecule has 144 valence electrons. The minimum atomic E-state index is -4.94. The SMILES string of the molecule is Cc1cc(C)c2ccc(-c3cc(C)[n+](C)c(C)c3)c-2c(C)c1.[O-][Cl+3]([O-])([O-])[O-]. The molecule has 0 saturated heterocycles. The molecular weight excluding hydrogens is 366 g/mol. The zero-order valence-electron chi connectivity index (χ0n) is 16.4. The number of aromatic nitrogens is 1. The molecule has 3 rings (SSSR count). The molecule has 0 fully saturated rings. The molecule has 0 aromatic carbocycles. The number of hydrogen-bond donors (Lipinski definition) is 0. The molecule has 5 nitrogen and oxygen atoms in total. The van der Waals surface area contributed by atoms with Crippen LogP contribution < -0.4 is 23.2 Å².